The maximum absolute atomic E-state index is 12.4. The van der Waals surface area contributed by atoms with Gasteiger partial charge in [-0.05, 0) is 30.3 Å². The Morgan fingerprint density at radius 3 is 1.87 bits per heavy atom. The van der Waals surface area contributed by atoms with Crippen molar-refractivity contribution in [2.24, 2.45) is 0 Å². The van der Waals surface area contributed by atoms with Gasteiger partial charge in [-0.25, -0.2) is 0 Å². The van der Waals surface area contributed by atoms with Crippen molar-refractivity contribution in [1.29, 1.82) is 0 Å². The summed E-state index contributed by atoms with van der Waals surface area (Å²) < 4.78 is 15.7. The Morgan fingerprint density at radius 1 is 0.800 bits per heavy atom. The SMILES string of the molecule is COc1cc(C(=O)NCCNC(=O)c2cccc(NC(C)=O)c2)cc(OC)c1OC. The number of hydrogen-bond donors (Lipinski definition) is 3. The molecule has 30 heavy (non-hydrogen) atoms. The van der Waals surface area contributed by atoms with Crippen molar-refractivity contribution >= 4 is 23.4 Å². The molecule has 0 heterocycles. The van der Waals surface area contributed by atoms with Gasteiger partial charge in [-0.15, -0.1) is 0 Å². The first-order valence-corrected chi connectivity index (χ1v) is 9.13. The van der Waals surface area contributed by atoms with Gasteiger partial charge in [0.15, 0.2) is 11.5 Å². The van der Waals surface area contributed by atoms with E-state index in [4.69, 9.17) is 14.2 Å². The van der Waals surface area contributed by atoms with Crippen LogP contribution in [0, 0.1) is 0 Å². The summed E-state index contributed by atoms with van der Waals surface area (Å²) in [5, 5.41) is 8.06. The van der Waals surface area contributed by atoms with Crippen LogP contribution in [0.3, 0.4) is 0 Å². The molecule has 9 heteroatoms. The Hall–Kier alpha value is -3.75. The van der Waals surface area contributed by atoms with Crippen LogP contribution < -0.4 is 30.2 Å². The molecule has 0 bridgehead atoms. The predicted octanol–water partition coefficient (Wildman–Crippen LogP) is 1.83. The molecule has 3 N–H and O–H groups in total. The lowest BCUT2D eigenvalue weighted by atomic mass is 10.1. The molecule has 160 valence electrons. The fourth-order valence-electron chi connectivity index (χ4n) is 2.71. The van der Waals surface area contributed by atoms with Gasteiger partial charge >= 0.3 is 0 Å². The van der Waals surface area contributed by atoms with Gasteiger partial charge < -0.3 is 30.2 Å². The Bertz CT molecular complexity index is 904. The highest BCUT2D eigenvalue weighted by Gasteiger charge is 2.17. The highest BCUT2D eigenvalue weighted by Crippen LogP contribution is 2.38. The van der Waals surface area contributed by atoms with Gasteiger partial charge in [0.1, 0.15) is 0 Å². The van der Waals surface area contributed by atoms with Gasteiger partial charge in [0, 0.05) is 36.8 Å². The standard InChI is InChI=1S/C21H25N3O6/c1-13(25)24-16-7-5-6-14(10-16)20(26)22-8-9-23-21(27)15-11-17(28-2)19(30-4)18(12-15)29-3/h5-7,10-12H,8-9H2,1-4H3,(H,22,26)(H,23,27)(H,24,25). The van der Waals surface area contributed by atoms with E-state index >= 15 is 0 Å². The van der Waals surface area contributed by atoms with E-state index in [1.807, 2.05) is 0 Å². The summed E-state index contributed by atoms with van der Waals surface area (Å²) >= 11 is 0. The molecule has 2 aromatic rings. The van der Waals surface area contributed by atoms with E-state index in [9.17, 15) is 14.4 Å². The monoisotopic (exact) mass is 415 g/mol. The fraction of sp³-hybridized carbons (Fsp3) is 0.286. The zero-order valence-electron chi connectivity index (χ0n) is 17.3. The van der Waals surface area contributed by atoms with Gasteiger partial charge in [-0.2, -0.15) is 0 Å². The largest absolute Gasteiger partial charge is 0.493 e. The molecule has 3 amide bonds. The highest BCUT2D eigenvalue weighted by atomic mass is 16.5. The second-order valence-electron chi connectivity index (χ2n) is 6.19. The smallest absolute Gasteiger partial charge is 0.251 e. The molecule has 0 saturated heterocycles. The molecule has 0 aromatic heterocycles. The van der Waals surface area contributed by atoms with Crippen LogP contribution in [0.1, 0.15) is 27.6 Å². The van der Waals surface area contributed by atoms with E-state index in [2.05, 4.69) is 16.0 Å². The summed E-state index contributed by atoms with van der Waals surface area (Å²) in [7, 11) is 4.42. The van der Waals surface area contributed by atoms with E-state index in [1.165, 1.54) is 28.3 Å². The van der Waals surface area contributed by atoms with Crippen LogP contribution >= 0.6 is 0 Å². The number of amides is 3. The van der Waals surface area contributed by atoms with Crippen molar-refractivity contribution in [3.05, 3.63) is 47.5 Å². The molecule has 9 nitrogen and oxygen atoms in total. The highest BCUT2D eigenvalue weighted by molar-refractivity contribution is 5.97. The average molecular weight is 415 g/mol. The normalized spacial score (nSPS) is 10.0. The van der Waals surface area contributed by atoms with Crippen LogP contribution in [0.5, 0.6) is 17.2 Å². The second-order valence-corrected chi connectivity index (χ2v) is 6.19. The van der Waals surface area contributed by atoms with Gasteiger partial charge in [0.2, 0.25) is 11.7 Å². The molecule has 0 aliphatic rings. The first-order valence-electron chi connectivity index (χ1n) is 9.13. The third-order valence-electron chi connectivity index (χ3n) is 4.07. The molecule has 2 aromatic carbocycles. The number of ether oxygens (including phenoxy) is 3. The molecule has 0 spiro atoms. The number of hydrogen-bond acceptors (Lipinski definition) is 6. The zero-order valence-corrected chi connectivity index (χ0v) is 17.3. The molecule has 0 atom stereocenters. The first kappa shape index (κ1) is 22.5. The van der Waals surface area contributed by atoms with Crippen LogP contribution in [0.4, 0.5) is 5.69 Å². The van der Waals surface area contributed by atoms with Gasteiger partial charge in [-0.3, -0.25) is 14.4 Å². The third kappa shape index (κ3) is 5.87. The van der Waals surface area contributed by atoms with E-state index in [0.717, 1.165) is 0 Å². The lowest BCUT2D eigenvalue weighted by Gasteiger charge is -2.14. The summed E-state index contributed by atoms with van der Waals surface area (Å²) in [6.45, 7) is 1.83. The Balaban J connectivity index is 1.92. The minimum atomic E-state index is -0.351. The second kappa shape index (κ2) is 10.7. The maximum Gasteiger partial charge on any atom is 0.251 e. The molecule has 0 fully saturated rings. The molecule has 0 radical (unpaired) electrons. The van der Waals surface area contributed by atoms with Crippen LogP contribution in [0.2, 0.25) is 0 Å². The summed E-state index contributed by atoms with van der Waals surface area (Å²) in [4.78, 5) is 35.8. The lowest BCUT2D eigenvalue weighted by Crippen LogP contribution is -2.34. The topological polar surface area (TPSA) is 115 Å². The predicted molar refractivity (Wildman–Crippen MR) is 112 cm³/mol. The molecular formula is C21H25N3O6. The first-order chi connectivity index (χ1) is 14.4. The van der Waals surface area contributed by atoms with Gasteiger partial charge in [0.05, 0.1) is 21.3 Å². The Kier molecular flexibility index (Phi) is 8.04. The van der Waals surface area contributed by atoms with E-state index in [0.29, 0.717) is 34.1 Å². The molecule has 0 saturated carbocycles. The molecule has 0 aliphatic heterocycles. The van der Waals surface area contributed by atoms with Crippen LogP contribution in [0.25, 0.3) is 0 Å². The number of carbonyl (C=O) groups is 3. The summed E-state index contributed by atoms with van der Waals surface area (Å²) in [5.41, 5.74) is 1.27. The average Bonchev–Trinajstić information content (AvgIpc) is 2.74. The van der Waals surface area contributed by atoms with E-state index in [-0.39, 0.29) is 30.8 Å². The van der Waals surface area contributed by atoms with Crippen molar-refractivity contribution in [2.75, 3.05) is 39.7 Å². The fourth-order valence-corrected chi connectivity index (χ4v) is 2.71. The lowest BCUT2D eigenvalue weighted by molar-refractivity contribution is -0.114. The molecular weight excluding hydrogens is 390 g/mol. The van der Waals surface area contributed by atoms with Gasteiger partial charge in [-0.1, -0.05) is 6.07 Å². The van der Waals surface area contributed by atoms with Crippen molar-refractivity contribution < 1.29 is 28.6 Å². The quantitative estimate of drug-likeness (QED) is 0.539. The minimum Gasteiger partial charge on any atom is -0.493 e. The summed E-state index contributed by atoms with van der Waals surface area (Å²) in [6, 6.07) is 9.66. The molecule has 0 aliphatic carbocycles. The van der Waals surface area contributed by atoms with Crippen LogP contribution in [-0.2, 0) is 4.79 Å². The summed E-state index contributed by atoms with van der Waals surface area (Å²) in [6.07, 6.45) is 0. The van der Waals surface area contributed by atoms with Crippen molar-refractivity contribution in [3.63, 3.8) is 0 Å². The van der Waals surface area contributed by atoms with Crippen molar-refractivity contribution in [3.8, 4) is 17.2 Å². The Morgan fingerprint density at radius 2 is 1.37 bits per heavy atom. The third-order valence-corrected chi connectivity index (χ3v) is 4.07. The van der Waals surface area contributed by atoms with E-state index in [1.54, 1.807) is 36.4 Å². The van der Waals surface area contributed by atoms with Crippen LogP contribution in [0.15, 0.2) is 36.4 Å². The van der Waals surface area contributed by atoms with E-state index < -0.39 is 0 Å². The number of nitrogens with one attached hydrogen (secondary N) is 3. The van der Waals surface area contributed by atoms with Gasteiger partial charge in [0.25, 0.3) is 11.8 Å². The minimum absolute atomic E-state index is 0.215. The van der Waals surface area contributed by atoms with Crippen molar-refractivity contribution in [2.45, 2.75) is 6.92 Å². The number of rotatable bonds is 9. The van der Waals surface area contributed by atoms with Crippen LogP contribution in [-0.4, -0.2) is 52.1 Å². The number of carbonyl (C=O) groups excluding carboxylic acids is 3. The number of anilines is 1. The number of benzene rings is 2. The zero-order chi connectivity index (χ0) is 22.1. The van der Waals surface area contributed by atoms with Crippen molar-refractivity contribution in [1.82, 2.24) is 10.6 Å². The maximum atomic E-state index is 12.4. The molecule has 2 rings (SSSR count). The number of methoxy groups -OCH3 is 3. The Labute approximate surface area is 174 Å². The molecule has 0 unspecified atom stereocenters. The summed E-state index contributed by atoms with van der Waals surface area (Å²) in [5.74, 6) is 0.247.